The van der Waals surface area contributed by atoms with Crippen LogP contribution in [0.2, 0.25) is 0 Å². The van der Waals surface area contributed by atoms with Gasteiger partial charge in [-0.1, -0.05) is 20.8 Å². The highest BCUT2D eigenvalue weighted by atomic mass is 16.5. The molecule has 4 heteroatoms. The Bertz CT molecular complexity index is 385. The number of nitrogens with one attached hydrogen (secondary N) is 1. The SMILES string of the molecule is CCOC(c1nc(C)cc(CNC)n1)C(C)(C)C. The van der Waals surface area contributed by atoms with Gasteiger partial charge in [-0.3, -0.25) is 0 Å². The third-order valence-corrected chi connectivity index (χ3v) is 2.64. The van der Waals surface area contributed by atoms with Crippen molar-refractivity contribution in [2.24, 2.45) is 5.41 Å². The first-order valence-corrected chi connectivity index (χ1v) is 6.49. The van der Waals surface area contributed by atoms with Crippen molar-refractivity contribution in [3.05, 3.63) is 23.3 Å². The van der Waals surface area contributed by atoms with Gasteiger partial charge in [0, 0.05) is 18.8 Å². The van der Waals surface area contributed by atoms with Crippen molar-refractivity contribution in [1.82, 2.24) is 15.3 Å². The molecular weight excluding hydrogens is 226 g/mol. The molecule has 1 rings (SSSR count). The maximum atomic E-state index is 5.84. The van der Waals surface area contributed by atoms with Crippen LogP contribution in [0.5, 0.6) is 0 Å². The van der Waals surface area contributed by atoms with Gasteiger partial charge < -0.3 is 10.1 Å². The Kier molecular flexibility index (Phi) is 5.23. The van der Waals surface area contributed by atoms with Crippen molar-refractivity contribution in [2.45, 2.75) is 47.3 Å². The lowest BCUT2D eigenvalue weighted by Crippen LogP contribution is -2.24. The third kappa shape index (κ3) is 4.03. The zero-order valence-electron chi connectivity index (χ0n) is 12.4. The smallest absolute Gasteiger partial charge is 0.158 e. The number of aryl methyl sites for hydroxylation is 1. The van der Waals surface area contributed by atoms with Crippen LogP contribution in [0, 0.1) is 12.3 Å². The van der Waals surface area contributed by atoms with E-state index in [-0.39, 0.29) is 11.5 Å². The molecule has 1 atom stereocenters. The summed E-state index contributed by atoms with van der Waals surface area (Å²) in [5.41, 5.74) is 1.98. The van der Waals surface area contributed by atoms with Crippen molar-refractivity contribution in [2.75, 3.05) is 13.7 Å². The molecule has 1 heterocycles. The predicted molar refractivity (Wildman–Crippen MR) is 73.4 cm³/mol. The molecule has 1 aromatic rings. The lowest BCUT2D eigenvalue weighted by atomic mass is 9.88. The standard InChI is InChI=1S/C14H25N3O/c1-7-18-12(14(3,4)5)13-16-10(2)8-11(17-13)9-15-6/h8,12,15H,7,9H2,1-6H3. The van der Waals surface area contributed by atoms with Gasteiger partial charge in [0.1, 0.15) is 6.10 Å². The van der Waals surface area contributed by atoms with Crippen LogP contribution in [0.3, 0.4) is 0 Å². The average Bonchev–Trinajstić information content (AvgIpc) is 2.23. The molecule has 0 saturated carbocycles. The summed E-state index contributed by atoms with van der Waals surface area (Å²) in [7, 11) is 1.92. The summed E-state index contributed by atoms with van der Waals surface area (Å²) < 4.78 is 5.84. The lowest BCUT2D eigenvalue weighted by molar-refractivity contribution is -0.0193. The van der Waals surface area contributed by atoms with Crippen molar-refractivity contribution >= 4 is 0 Å². The molecule has 1 unspecified atom stereocenters. The van der Waals surface area contributed by atoms with Crippen LogP contribution in [0.4, 0.5) is 0 Å². The minimum absolute atomic E-state index is 0.0132. The summed E-state index contributed by atoms with van der Waals surface area (Å²) in [6.07, 6.45) is -0.0713. The Morgan fingerprint density at radius 1 is 1.33 bits per heavy atom. The quantitative estimate of drug-likeness (QED) is 0.874. The second-order valence-corrected chi connectivity index (χ2v) is 5.59. The maximum Gasteiger partial charge on any atom is 0.158 e. The molecule has 0 aliphatic carbocycles. The zero-order valence-corrected chi connectivity index (χ0v) is 12.4. The second-order valence-electron chi connectivity index (χ2n) is 5.59. The van der Waals surface area contributed by atoms with E-state index >= 15 is 0 Å². The molecule has 0 aliphatic heterocycles. The minimum atomic E-state index is -0.0713. The monoisotopic (exact) mass is 251 g/mol. The number of ether oxygens (including phenoxy) is 1. The number of aromatic nitrogens is 2. The van der Waals surface area contributed by atoms with Crippen LogP contribution in [0.25, 0.3) is 0 Å². The van der Waals surface area contributed by atoms with Gasteiger partial charge in [-0.05, 0) is 32.4 Å². The minimum Gasteiger partial charge on any atom is -0.370 e. The molecule has 0 aliphatic rings. The predicted octanol–water partition coefficient (Wildman–Crippen LogP) is 2.63. The van der Waals surface area contributed by atoms with Crippen molar-refractivity contribution in [1.29, 1.82) is 0 Å². The van der Waals surface area contributed by atoms with E-state index in [4.69, 9.17) is 4.74 Å². The molecule has 1 aromatic heterocycles. The molecule has 0 amide bonds. The number of hydrogen-bond acceptors (Lipinski definition) is 4. The molecule has 0 bridgehead atoms. The molecule has 0 fully saturated rings. The highest BCUT2D eigenvalue weighted by Gasteiger charge is 2.29. The molecule has 0 radical (unpaired) electrons. The molecule has 0 aromatic carbocycles. The molecule has 102 valence electrons. The Balaban J connectivity index is 3.11. The van der Waals surface area contributed by atoms with Gasteiger partial charge in [0.15, 0.2) is 5.82 Å². The van der Waals surface area contributed by atoms with Gasteiger partial charge in [-0.15, -0.1) is 0 Å². The van der Waals surface area contributed by atoms with Crippen molar-refractivity contribution in [3.63, 3.8) is 0 Å². The van der Waals surface area contributed by atoms with E-state index in [9.17, 15) is 0 Å². The first-order valence-electron chi connectivity index (χ1n) is 6.49. The fraction of sp³-hybridized carbons (Fsp3) is 0.714. The van der Waals surface area contributed by atoms with E-state index in [2.05, 4.69) is 36.1 Å². The fourth-order valence-corrected chi connectivity index (χ4v) is 1.93. The van der Waals surface area contributed by atoms with Gasteiger partial charge >= 0.3 is 0 Å². The summed E-state index contributed by atoms with van der Waals surface area (Å²) in [5.74, 6) is 0.787. The first kappa shape index (κ1) is 15.1. The Hall–Kier alpha value is -1.00. The molecule has 4 nitrogen and oxygen atoms in total. The van der Waals surface area contributed by atoms with E-state index < -0.39 is 0 Å². The maximum absolute atomic E-state index is 5.84. The van der Waals surface area contributed by atoms with Crippen LogP contribution in [0.1, 0.15) is 51.0 Å². The topological polar surface area (TPSA) is 47.0 Å². The lowest BCUT2D eigenvalue weighted by Gasteiger charge is -2.29. The summed E-state index contributed by atoms with van der Waals surface area (Å²) in [5, 5.41) is 3.12. The number of rotatable bonds is 5. The molecule has 18 heavy (non-hydrogen) atoms. The highest BCUT2D eigenvalue weighted by molar-refractivity contribution is 5.12. The van der Waals surface area contributed by atoms with E-state index in [1.54, 1.807) is 0 Å². The highest BCUT2D eigenvalue weighted by Crippen LogP contribution is 2.34. The number of hydrogen-bond donors (Lipinski definition) is 1. The van der Waals surface area contributed by atoms with Crippen LogP contribution in [-0.4, -0.2) is 23.6 Å². The zero-order chi connectivity index (χ0) is 13.8. The molecule has 1 N–H and O–H groups in total. The van der Waals surface area contributed by atoms with Crippen LogP contribution in [0.15, 0.2) is 6.07 Å². The number of nitrogens with zero attached hydrogens (tertiary/aromatic N) is 2. The van der Waals surface area contributed by atoms with Crippen LogP contribution in [-0.2, 0) is 11.3 Å². The van der Waals surface area contributed by atoms with E-state index in [1.807, 2.05) is 27.0 Å². The Morgan fingerprint density at radius 2 is 2.00 bits per heavy atom. The van der Waals surface area contributed by atoms with Gasteiger partial charge in [0.25, 0.3) is 0 Å². The van der Waals surface area contributed by atoms with Crippen molar-refractivity contribution < 1.29 is 4.74 Å². The summed E-state index contributed by atoms with van der Waals surface area (Å²) >= 11 is 0. The first-order chi connectivity index (χ1) is 8.38. The normalized spacial score (nSPS) is 13.7. The molecular formula is C14H25N3O. The fourth-order valence-electron chi connectivity index (χ4n) is 1.93. The van der Waals surface area contributed by atoms with Crippen molar-refractivity contribution in [3.8, 4) is 0 Å². The summed E-state index contributed by atoms with van der Waals surface area (Å²) in [4.78, 5) is 9.15. The molecule has 0 spiro atoms. The summed E-state index contributed by atoms with van der Waals surface area (Å²) in [6.45, 7) is 11.9. The van der Waals surface area contributed by atoms with Gasteiger partial charge in [-0.2, -0.15) is 0 Å². The van der Waals surface area contributed by atoms with Gasteiger partial charge in [-0.25, -0.2) is 9.97 Å². The van der Waals surface area contributed by atoms with Crippen LogP contribution >= 0.6 is 0 Å². The second kappa shape index (κ2) is 6.25. The van der Waals surface area contributed by atoms with E-state index in [0.717, 1.165) is 23.8 Å². The van der Waals surface area contributed by atoms with E-state index in [0.29, 0.717) is 6.61 Å². The van der Waals surface area contributed by atoms with Gasteiger partial charge in [0.2, 0.25) is 0 Å². The average molecular weight is 251 g/mol. The molecule has 0 saturated heterocycles. The Morgan fingerprint density at radius 3 is 2.50 bits per heavy atom. The summed E-state index contributed by atoms with van der Waals surface area (Å²) in [6, 6.07) is 2.01. The van der Waals surface area contributed by atoms with Crippen LogP contribution < -0.4 is 5.32 Å². The van der Waals surface area contributed by atoms with Gasteiger partial charge in [0.05, 0.1) is 5.69 Å². The largest absolute Gasteiger partial charge is 0.370 e. The Labute approximate surface area is 110 Å². The van der Waals surface area contributed by atoms with E-state index in [1.165, 1.54) is 0 Å². The third-order valence-electron chi connectivity index (χ3n) is 2.64.